The minimum absolute atomic E-state index is 0.141. The van der Waals surface area contributed by atoms with Crippen molar-refractivity contribution in [3.8, 4) is 17.3 Å². The first-order valence-corrected chi connectivity index (χ1v) is 6.81. The molecule has 0 saturated carbocycles. The molecule has 0 unspecified atom stereocenters. The highest BCUT2D eigenvalue weighted by Gasteiger charge is 2.13. The number of aromatic nitrogens is 1. The van der Waals surface area contributed by atoms with Crippen LogP contribution < -0.4 is 5.43 Å². The number of fused-ring (bicyclic) bond motifs is 1. The van der Waals surface area contributed by atoms with Gasteiger partial charge in [0.15, 0.2) is 0 Å². The van der Waals surface area contributed by atoms with Crippen molar-refractivity contribution in [3.05, 3.63) is 68.8 Å². The monoisotopic (exact) mass is 324 g/mol. The van der Waals surface area contributed by atoms with Gasteiger partial charge >= 0.3 is 0 Å². The Morgan fingerprint density at radius 1 is 1.10 bits per heavy atom. The highest BCUT2D eigenvalue weighted by Crippen LogP contribution is 2.24. The number of hydrogen-bond acceptors (Lipinski definition) is 2. The van der Waals surface area contributed by atoms with E-state index in [1.54, 1.807) is 12.1 Å². The Labute approximate surface area is 123 Å². The molecule has 3 aromatic rings. The molecule has 3 nitrogen and oxygen atoms in total. The number of benzene rings is 2. The van der Waals surface area contributed by atoms with Crippen LogP contribution in [0.15, 0.2) is 57.8 Å². The predicted molar refractivity (Wildman–Crippen MR) is 82.4 cm³/mol. The molecule has 0 fully saturated rings. The second-order valence-corrected chi connectivity index (χ2v) is 5.29. The fraction of sp³-hybridized carbons (Fsp3) is 0. The maximum atomic E-state index is 12.4. The van der Waals surface area contributed by atoms with E-state index in [4.69, 9.17) is 0 Å². The van der Waals surface area contributed by atoms with Crippen molar-refractivity contribution in [2.75, 3.05) is 0 Å². The summed E-state index contributed by atoms with van der Waals surface area (Å²) in [5.74, 6) is 0. The molecule has 96 valence electrons. The molecule has 1 N–H and O–H groups in total. The minimum atomic E-state index is -0.239. The number of nitrogens with one attached hydrogen (secondary N) is 1. The van der Waals surface area contributed by atoms with E-state index < -0.39 is 0 Å². The average Bonchev–Trinajstić information content (AvgIpc) is 2.47. The van der Waals surface area contributed by atoms with Crippen molar-refractivity contribution in [1.82, 2.24) is 4.98 Å². The summed E-state index contributed by atoms with van der Waals surface area (Å²) in [4.78, 5) is 15.6. The summed E-state index contributed by atoms with van der Waals surface area (Å²) in [7, 11) is 0. The van der Waals surface area contributed by atoms with Crippen molar-refractivity contribution in [3.63, 3.8) is 0 Å². The number of para-hydroxylation sites is 1. The van der Waals surface area contributed by atoms with Crippen molar-refractivity contribution in [1.29, 1.82) is 5.26 Å². The first-order chi connectivity index (χ1) is 9.70. The second-order valence-electron chi connectivity index (χ2n) is 4.37. The summed E-state index contributed by atoms with van der Waals surface area (Å²) in [5.41, 5.74) is 1.99. The largest absolute Gasteiger partial charge is 0.353 e. The van der Waals surface area contributed by atoms with Crippen LogP contribution in [0, 0.1) is 11.3 Å². The Kier molecular flexibility index (Phi) is 3.13. The summed E-state index contributed by atoms with van der Waals surface area (Å²) in [6.45, 7) is 0. The molecule has 0 spiro atoms. The first kappa shape index (κ1) is 12.6. The molecule has 0 saturated heterocycles. The number of H-pyrrole nitrogens is 1. The van der Waals surface area contributed by atoms with Gasteiger partial charge in [-0.2, -0.15) is 5.26 Å². The lowest BCUT2D eigenvalue weighted by molar-refractivity contribution is 1.34. The van der Waals surface area contributed by atoms with E-state index in [9.17, 15) is 10.1 Å². The summed E-state index contributed by atoms with van der Waals surface area (Å²) >= 11 is 3.40. The Morgan fingerprint density at radius 2 is 1.90 bits per heavy atom. The Balaban J connectivity index is 2.42. The van der Waals surface area contributed by atoms with Gasteiger partial charge in [0, 0.05) is 20.9 Å². The Bertz CT molecular complexity index is 906. The topological polar surface area (TPSA) is 56.6 Å². The van der Waals surface area contributed by atoms with E-state index in [1.807, 2.05) is 42.5 Å². The highest BCUT2D eigenvalue weighted by molar-refractivity contribution is 9.10. The van der Waals surface area contributed by atoms with Gasteiger partial charge < -0.3 is 4.98 Å². The van der Waals surface area contributed by atoms with Crippen LogP contribution in [0.5, 0.6) is 0 Å². The van der Waals surface area contributed by atoms with Crippen LogP contribution >= 0.6 is 15.9 Å². The van der Waals surface area contributed by atoms with Gasteiger partial charge in [0.2, 0.25) is 5.43 Å². The maximum absolute atomic E-state index is 12.4. The van der Waals surface area contributed by atoms with Gasteiger partial charge in [-0.25, -0.2) is 0 Å². The van der Waals surface area contributed by atoms with E-state index in [2.05, 4.69) is 20.9 Å². The van der Waals surface area contributed by atoms with Gasteiger partial charge in [-0.05, 0) is 24.3 Å². The fourth-order valence-electron chi connectivity index (χ4n) is 2.20. The number of nitriles is 1. The first-order valence-electron chi connectivity index (χ1n) is 6.02. The van der Waals surface area contributed by atoms with Gasteiger partial charge in [-0.3, -0.25) is 4.79 Å². The van der Waals surface area contributed by atoms with Crippen molar-refractivity contribution in [2.24, 2.45) is 0 Å². The second kappa shape index (κ2) is 4.95. The quantitative estimate of drug-likeness (QED) is 0.739. The molecule has 20 heavy (non-hydrogen) atoms. The highest BCUT2D eigenvalue weighted by atomic mass is 79.9. The summed E-state index contributed by atoms with van der Waals surface area (Å²) in [6, 6.07) is 16.7. The average molecular weight is 325 g/mol. The van der Waals surface area contributed by atoms with Gasteiger partial charge in [-0.15, -0.1) is 0 Å². The smallest absolute Gasteiger partial charge is 0.207 e. The number of hydrogen-bond donors (Lipinski definition) is 1. The van der Waals surface area contributed by atoms with Crippen LogP contribution in [0.25, 0.3) is 22.2 Å². The lowest BCUT2D eigenvalue weighted by Crippen LogP contribution is -2.10. The van der Waals surface area contributed by atoms with Crippen molar-refractivity contribution in [2.45, 2.75) is 0 Å². The van der Waals surface area contributed by atoms with Gasteiger partial charge in [0.1, 0.15) is 11.6 Å². The zero-order valence-corrected chi connectivity index (χ0v) is 11.9. The molecule has 0 amide bonds. The van der Waals surface area contributed by atoms with E-state index >= 15 is 0 Å². The van der Waals surface area contributed by atoms with Crippen molar-refractivity contribution < 1.29 is 0 Å². The fourth-order valence-corrected chi connectivity index (χ4v) is 2.60. The Morgan fingerprint density at radius 3 is 2.65 bits per heavy atom. The van der Waals surface area contributed by atoms with Crippen LogP contribution in [0.1, 0.15) is 5.56 Å². The zero-order chi connectivity index (χ0) is 14.1. The molecule has 0 aliphatic carbocycles. The van der Waals surface area contributed by atoms with Crippen LogP contribution in [-0.2, 0) is 0 Å². The minimum Gasteiger partial charge on any atom is -0.353 e. The predicted octanol–water partition coefficient (Wildman–Crippen LogP) is 3.83. The molecule has 0 radical (unpaired) electrons. The molecule has 4 heteroatoms. The van der Waals surface area contributed by atoms with Gasteiger partial charge in [0.05, 0.1) is 5.69 Å². The molecule has 0 aliphatic rings. The zero-order valence-electron chi connectivity index (χ0n) is 10.4. The third-order valence-electron chi connectivity index (χ3n) is 3.13. The van der Waals surface area contributed by atoms with Gasteiger partial charge in [0.25, 0.3) is 0 Å². The number of pyridine rings is 1. The molecule has 0 aliphatic heterocycles. The number of nitrogens with zero attached hydrogens (tertiary/aromatic N) is 1. The third kappa shape index (κ3) is 2.02. The molecular formula is C16H9BrN2O. The molecule has 1 heterocycles. The Hall–Kier alpha value is -2.38. The van der Waals surface area contributed by atoms with E-state index in [0.717, 1.165) is 15.6 Å². The van der Waals surface area contributed by atoms with Crippen LogP contribution in [-0.4, -0.2) is 4.98 Å². The SMILES string of the molecule is N#Cc1c(-c2cccc(Br)c2)[nH]c2ccccc2c1=O. The van der Waals surface area contributed by atoms with E-state index in [0.29, 0.717) is 11.1 Å². The normalized spacial score (nSPS) is 10.4. The molecule has 2 aromatic carbocycles. The summed E-state index contributed by atoms with van der Waals surface area (Å²) in [6.07, 6.45) is 0. The lowest BCUT2D eigenvalue weighted by Gasteiger charge is -2.07. The van der Waals surface area contributed by atoms with Crippen molar-refractivity contribution >= 4 is 26.8 Å². The molecule has 1 aromatic heterocycles. The van der Waals surface area contributed by atoms with Crippen LogP contribution in [0.3, 0.4) is 0 Å². The lowest BCUT2D eigenvalue weighted by atomic mass is 10.0. The number of aromatic amines is 1. The number of rotatable bonds is 1. The third-order valence-corrected chi connectivity index (χ3v) is 3.63. The van der Waals surface area contributed by atoms with Crippen LogP contribution in [0.2, 0.25) is 0 Å². The molecular weight excluding hydrogens is 316 g/mol. The van der Waals surface area contributed by atoms with Gasteiger partial charge in [-0.1, -0.05) is 40.2 Å². The molecule has 0 bridgehead atoms. The maximum Gasteiger partial charge on any atom is 0.207 e. The molecule has 0 atom stereocenters. The standard InChI is InChI=1S/C16H9BrN2O/c17-11-5-3-4-10(8-11)15-13(9-18)16(20)12-6-1-2-7-14(12)19-15/h1-8H,(H,19,20). The van der Waals surface area contributed by atoms with E-state index in [1.165, 1.54) is 0 Å². The van der Waals surface area contributed by atoms with Crippen LogP contribution in [0.4, 0.5) is 0 Å². The number of halogens is 1. The summed E-state index contributed by atoms with van der Waals surface area (Å²) in [5, 5.41) is 9.84. The summed E-state index contributed by atoms with van der Waals surface area (Å²) < 4.78 is 0.896. The van der Waals surface area contributed by atoms with E-state index in [-0.39, 0.29) is 11.0 Å². The molecule has 3 rings (SSSR count).